The third-order valence-corrected chi connectivity index (χ3v) is 19.6. The molecule has 410 valence electrons. The molecule has 0 radical (unpaired) electrons. The molecule has 87 heavy (non-hydrogen) atoms. The minimum atomic E-state index is -0.379. The topological polar surface area (TPSA) is 48.5 Å². The van der Waals surface area contributed by atoms with E-state index in [-0.39, 0.29) is 5.41 Å². The number of hydrogen-bond donors (Lipinski definition) is 0. The minimum Gasteiger partial charge on any atom is -0.309 e. The van der Waals surface area contributed by atoms with Crippen molar-refractivity contribution in [1.29, 1.82) is 0 Å². The summed E-state index contributed by atoms with van der Waals surface area (Å²) in [5, 5.41) is 4.78. The Bertz CT molecular complexity index is 5120. The van der Waals surface area contributed by atoms with Crippen LogP contribution >= 0.6 is 0 Å². The summed E-state index contributed by atoms with van der Waals surface area (Å²) in [5.41, 5.74) is 25.0. The normalized spacial score (nSPS) is 16.6. The van der Waals surface area contributed by atoms with Gasteiger partial charge < -0.3 is 4.57 Å². The van der Waals surface area contributed by atoms with Gasteiger partial charge in [-0.3, -0.25) is 4.57 Å². The summed E-state index contributed by atoms with van der Waals surface area (Å²) in [5.74, 6) is 2.76. The zero-order chi connectivity index (χ0) is 57.2. The molecule has 5 heteroatoms. The smallest absolute Gasteiger partial charge is 0.238 e. The van der Waals surface area contributed by atoms with Crippen molar-refractivity contribution in [3.05, 3.63) is 307 Å². The van der Waals surface area contributed by atoms with Gasteiger partial charge in [-0.15, -0.1) is 0 Å². The number of para-hydroxylation sites is 1. The van der Waals surface area contributed by atoms with Crippen molar-refractivity contribution in [1.82, 2.24) is 24.1 Å². The average molecular weight is 1110 g/mol. The van der Waals surface area contributed by atoms with E-state index in [4.69, 9.17) is 15.0 Å². The fraction of sp³-hybridized carbons (Fsp3) is 0.0854. The molecule has 15 aromatic rings. The van der Waals surface area contributed by atoms with Gasteiger partial charge in [-0.2, -0.15) is 9.97 Å². The molecule has 3 heterocycles. The average Bonchev–Trinajstić information content (AvgIpc) is 1.51. The van der Waals surface area contributed by atoms with Crippen LogP contribution < -0.4 is 0 Å². The molecule has 0 bridgehead atoms. The molecule has 3 atom stereocenters. The Morgan fingerprint density at radius 2 is 0.839 bits per heavy atom. The van der Waals surface area contributed by atoms with Gasteiger partial charge in [0.05, 0.1) is 27.5 Å². The molecule has 18 rings (SSSR count). The Balaban J connectivity index is 0.847. The number of benzene rings is 12. The summed E-state index contributed by atoms with van der Waals surface area (Å²) in [4.78, 5) is 16.3. The van der Waals surface area contributed by atoms with Gasteiger partial charge in [-0.1, -0.05) is 237 Å². The number of rotatable bonds is 8. The highest BCUT2D eigenvalue weighted by atomic mass is 15.2. The quantitative estimate of drug-likeness (QED) is 0.152. The number of nitrogens with zero attached hydrogens (tertiary/aromatic N) is 5. The van der Waals surface area contributed by atoms with Crippen molar-refractivity contribution in [3.8, 4) is 90.0 Å². The van der Waals surface area contributed by atoms with Crippen LogP contribution in [0, 0.1) is 5.92 Å². The van der Waals surface area contributed by atoms with E-state index in [1.54, 1.807) is 0 Å². The van der Waals surface area contributed by atoms with E-state index in [0.29, 0.717) is 29.4 Å². The highest BCUT2D eigenvalue weighted by molar-refractivity contribution is 6.15. The summed E-state index contributed by atoms with van der Waals surface area (Å²) < 4.78 is 4.87. The molecule has 1 fully saturated rings. The van der Waals surface area contributed by atoms with E-state index in [9.17, 15) is 0 Å². The summed E-state index contributed by atoms with van der Waals surface area (Å²) in [6.45, 7) is 0. The molecule has 1 saturated carbocycles. The van der Waals surface area contributed by atoms with Crippen LogP contribution in [-0.4, -0.2) is 24.1 Å². The second-order valence-corrected chi connectivity index (χ2v) is 24.1. The van der Waals surface area contributed by atoms with Crippen molar-refractivity contribution < 1.29 is 0 Å². The lowest BCUT2D eigenvalue weighted by Crippen LogP contribution is -2.35. The summed E-state index contributed by atoms with van der Waals surface area (Å²) >= 11 is 0. The van der Waals surface area contributed by atoms with E-state index < -0.39 is 0 Å². The van der Waals surface area contributed by atoms with E-state index >= 15 is 0 Å². The van der Waals surface area contributed by atoms with Gasteiger partial charge >= 0.3 is 0 Å². The Morgan fingerprint density at radius 3 is 1.52 bits per heavy atom. The Hall–Kier alpha value is -10.8. The first-order valence-corrected chi connectivity index (χ1v) is 30.7. The molecular weight excluding hydrogens is 1050 g/mol. The molecule has 3 aromatic heterocycles. The minimum absolute atomic E-state index is 0.379. The SMILES string of the molecule is c1ccc(-c2cc(-c3ccccc3)cc(-c3cccc(-n4c5ccccc5c5cc(-c6ccc7c(c6)c6ccc8c(c6n7-c6nc(-c7ccccc7)nc(-c7ccccc7)n6)C6(c7ccccc7-8)c7ccccc7C7CCCCC76)ccc54)c3)c2)cc1. The van der Waals surface area contributed by atoms with E-state index in [2.05, 4.69) is 294 Å². The van der Waals surface area contributed by atoms with Crippen molar-refractivity contribution in [2.24, 2.45) is 5.92 Å². The predicted octanol–water partition coefficient (Wildman–Crippen LogP) is 20.7. The fourth-order valence-electron chi connectivity index (χ4n) is 15.9. The van der Waals surface area contributed by atoms with Crippen molar-refractivity contribution in [3.63, 3.8) is 0 Å². The maximum atomic E-state index is 5.55. The zero-order valence-corrected chi connectivity index (χ0v) is 47.9. The van der Waals surface area contributed by atoms with Crippen LogP contribution in [0.3, 0.4) is 0 Å². The number of aromatic nitrogens is 5. The lowest BCUT2D eigenvalue weighted by Gasteiger charge is -2.40. The van der Waals surface area contributed by atoms with Crippen LogP contribution in [-0.2, 0) is 5.41 Å². The molecule has 3 aliphatic carbocycles. The predicted molar refractivity (Wildman–Crippen MR) is 358 cm³/mol. The molecule has 1 spiro atoms. The zero-order valence-electron chi connectivity index (χ0n) is 47.9. The summed E-state index contributed by atoms with van der Waals surface area (Å²) in [7, 11) is 0. The third-order valence-electron chi connectivity index (χ3n) is 19.6. The van der Waals surface area contributed by atoms with Gasteiger partial charge in [0.25, 0.3) is 0 Å². The van der Waals surface area contributed by atoms with Gasteiger partial charge in [0, 0.05) is 43.9 Å². The van der Waals surface area contributed by atoms with Gasteiger partial charge in [0.2, 0.25) is 5.95 Å². The van der Waals surface area contributed by atoms with Crippen LogP contribution in [0.2, 0.25) is 0 Å². The van der Waals surface area contributed by atoms with Crippen molar-refractivity contribution >= 4 is 43.6 Å². The van der Waals surface area contributed by atoms with Crippen LogP contribution in [0.1, 0.15) is 53.9 Å². The molecule has 0 N–H and O–H groups in total. The molecule has 0 aliphatic heterocycles. The van der Waals surface area contributed by atoms with Crippen LogP contribution in [0.4, 0.5) is 0 Å². The third kappa shape index (κ3) is 7.62. The Labute approximate surface area is 505 Å². The Kier molecular flexibility index (Phi) is 11.2. The molecule has 3 aliphatic rings. The second-order valence-electron chi connectivity index (χ2n) is 24.1. The van der Waals surface area contributed by atoms with Crippen molar-refractivity contribution in [2.75, 3.05) is 0 Å². The number of fused-ring (bicyclic) bond motifs is 17. The highest BCUT2D eigenvalue weighted by Crippen LogP contribution is 2.68. The molecule has 5 nitrogen and oxygen atoms in total. The first kappa shape index (κ1) is 49.7. The monoisotopic (exact) mass is 1110 g/mol. The maximum Gasteiger partial charge on any atom is 0.238 e. The van der Waals surface area contributed by atoms with Crippen molar-refractivity contribution in [2.45, 2.75) is 37.0 Å². The van der Waals surface area contributed by atoms with E-state index in [1.807, 2.05) is 0 Å². The second kappa shape index (κ2) is 19.7. The fourth-order valence-corrected chi connectivity index (χ4v) is 15.9. The standard InChI is InChI=1S/C82H57N5/c1-5-22-52(23-6-1)59-46-60(53-24-7-2-8-25-53)48-61(47-59)56-30-21-31-62(49-56)86-74-39-20-16-35-66(74)69-50-57(40-44-75(69)86)58-41-45-76-70(51-58)68-43-42-67-65-34-15-19-38-73(65)82(71-36-17-13-32-63(71)64-33-14-18-37-72(64)82)77(67)78(68)87(76)81-84-79(54-26-9-3-10-27-54)83-80(85-81)55-28-11-4-12-29-55/h1-13,15-17,19-32,34-36,38-51,64,72H,14,18,33,37H2. The van der Waals surface area contributed by atoms with Crippen LogP contribution in [0.15, 0.2) is 285 Å². The van der Waals surface area contributed by atoms with Gasteiger partial charge in [0.15, 0.2) is 11.6 Å². The van der Waals surface area contributed by atoms with Crippen LogP contribution in [0.25, 0.3) is 134 Å². The van der Waals surface area contributed by atoms with Gasteiger partial charge in [-0.05, 0) is 158 Å². The van der Waals surface area contributed by atoms with E-state index in [1.165, 1.54) is 120 Å². The highest BCUT2D eigenvalue weighted by Gasteiger charge is 2.59. The maximum absolute atomic E-state index is 5.55. The van der Waals surface area contributed by atoms with Gasteiger partial charge in [-0.25, -0.2) is 4.98 Å². The van der Waals surface area contributed by atoms with Gasteiger partial charge in [0.1, 0.15) is 0 Å². The molecular formula is C82H57N5. The van der Waals surface area contributed by atoms with E-state index in [0.717, 1.165) is 44.4 Å². The lowest BCUT2D eigenvalue weighted by molar-refractivity contribution is 0.266. The largest absolute Gasteiger partial charge is 0.309 e. The first-order chi connectivity index (χ1) is 43.1. The Morgan fingerprint density at radius 1 is 0.322 bits per heavy atom. The summed E-state index contributed by atoms with van der Waals surface area (Å²) in [6.07, 6.45) is 4.84. The molecule has 3 unspecified atom stereocenters. The molecule has 12 aromatic carbocycles. The molecule has 0 saturated heterocycles. The molecule has 0 amide bonds. The first-order valence-electron chi connectivity index (χ1n) is 30.7. The lowest BCUT2D eigenvalue weighted by atomic mass is 9.62. The number of hydrogen-bond acceptors (Lipinski definition) is 3. The van der Waals surface area contributed by atoms with Crippen LogP contribution in [0.5, 0.6) is 0 Å². The summed E-state index contributed by atoms with van der Waals surface area (Å²) in [6, 6.07) is 105.